The van der Waals surface area contributed by atoms with Gasteiger partial charge < -0.3 is 14.4 Å². The number of rotatable bonds is 11. The first-order chi connectivity index (χ1) is 17.9. The topological polar surface area (TPSA) is 74.0 Å². The second kappa shape index (κ2) is 14.0. The molecule has 3 unspecified atom stereocenters. The van der Waals surface area contributed by atoms with Crippen LogP contribution in [0.1, 0.15) is 75.1 Å². The average Bonchev–Trinajstić information content (AvgIpc) is 3.53. The first-order valence-corrected chi connectivity index (χ1v) is 13.6. The number of aliphatic carboxylic acids is 1. The molecule has 2 heterocycles. The third-order valence-corrected chi connectivity index (χ3v) is 7.40. The molecule has 1 aliphatic heterocycles. The maximum Gasteiger partial charge on any atom is 0.309 e. The molecule has 0 spiro atoms. The summed E-state index contributed by atoms with van der Waals surface area (Å²) in [5, 5.41) is 11.0. The van der Waals surface area contributed by atoms with Crippen molar-refractivity contribution in [3.05, 3.63) is 71.5 Å². The molecule has 1 fully saturated rings. The van der Waals surface area contributed by atoms with Gasteiger partial charge in [0.1, 0.15) is 5.58 Å². The van der Waals surface area contributed by atoms with E-state index in [9.17, 15) is 14.7 Å². The number of likely N-dealkylation sites (N-methyl/N-ethyl adjacent to an activating group) is 1. The summed E-state index contributed by atoms with van der Waals surface area (Å²) < 4.78 is 5.42. The highest BCUT2D eigenvalue weighted by Crippen LogP contribution is 2.45. The van der Waals surface area contributed by atoms with Crippen LogP contribution >= 0.6 is 0 Å². The van der Waals surface area contributed by atoms with Gasteiger partial charge in [-0.25, -0.2) is 0 Å². The van der Waals surface area contributed by atoms with Crippen molar-refractivity contribution in [2.24, 2.45) is 5.92 Å². The molecule has 37 heavy (non-hydrogen) atoms. The van der Waals surface area contributed by atoms with E-state index in [4.69, 9.17) is 4.42 Å². The first-order valence-electron chi connectivity index (χ1n) is 13.6. The van der Waals surface area contributed by atoms with Gasteiger partial charge in [0.25, 0.3) is 0 Å². The fourth-order valence-electron chi connectivity index (χ4n) is 5.22. The van der Waals surface area contributed by atoms with Crippen LogP contribution in [-0.4, -0.2) is 54.0 Å². The van der Waals surface area contributed by atoms with Crippen molar-refractivity contribution >= 4 is 23.3 Å². The monoisotopic (exact) mass is 506 g/mol. The Bertz CT molecular complexity index is 1120. The number of carboxylic acid groups (broad SMARTS) is 1. The molecule has 0 radical (unpaired) electrons. The van der Waals surface area contributed by atoms with Crippen molar-refractivity contribution in [3.63, 3.8) is 0 Å². The predicted octanol–water partition coefficient (Wildman–Crippen LogP) is 6.51. The number of carbonyl (C=O) groups excluding carboxylic acids is 1. The molecule has 1 saturated heterocycles. The molecule has 1 aliphatic rings. The van der Waals surface area contributed by atoms with Crippen molar-refractivity contribution < 1.29 is 19.1 Å². The van der Waals surface area contributed by atoms with E-state index in [-0.39, 0.29) is 12.0 Å². The van der Waals surface area contributed by atoms with Gasteiger partial charge in [0.05, 0.1) is 12.2 Å². The number of carbonyl (C=O) groups is 2. The second-order valence-corrected chi connectivity index (χ2v) is 10.0. The molecule has 2 aromatic carbocycles. The number of benzene rings is 2. The first kappa shape index (κ1) is 28.5. The van der Waals surface area contributed by atoms with E-state index in [1.807, 2.05) is 30.1 Å². The van der Waals surface area contributed by atoms with Crippen LogP contribution in [0.15, 0.2) is 59.2 Å². The summed E-state index contributed by atoms with van der Waals surface area (Å²) in [6, 6.07) is 16.2. The van der Waals surface area contributed by atoms with Gasteiger partial charge in [0, 0.05) is 37.0 Å². The molecule has 1 amide bonds. The van der Waals surface area contributed by atoms with Crippen LogP contribution in [-0.2, 0) is 16.0 Å². The summed E-state index contributed by atoms with van der Waals surface area (Å²) in [6.07, 6.45) is 8.20. The normalized spacial score (nSPS) is 19.4. The average molecular weight is 507 g/mol. The minimum Gasteiger partial charge on any atom is -0.481 e. The summed E-state index contributed by atoms with van der Waals surface area (Å²) in [7, 11) is 2.02. The Kier molecular flexibility index (Phi) is 10.8. The Balaban J connectivity index is 0.000000295. The Labute approximate surface area is 221 Å². The molecule has 3 atom stereocenters. The number of hydrogen-bond acceptors (Lipinski definition) is 4. The van der Waals surface area contributed by atoms with Gasteiger partial charge in [-0.15, -0.1) is 0 Å². The number of amides is 1. The van der Waals surface area contributed by atoms with Crippen LogP contribution in [0.2, 0.25) is 0 Å². The van der Waals surface area contributed by atoms with Crippen molar-refractivity contribution in [2.75, 3.05) is 26.7 Å². The smallest absolute Gasteiger partial charge is 0.309 e. The summed E-state index contributed by atoms with van der Waals surface area (Å²) >= 11 is 0. The summed E-state index contributed by atoms with van der Waals surface area (Å²) in [5.41, 5.74) is 4.23. The van der Waals surface area contributed by atoms with E-state index in [2.05, 4.69) is 56.0 Å². The van der Waals surface area contributed by atoms with Gasteiger partial charge in [0.2, 0.25) is 6.41 Å². The molecule has 4 rings (SSSR count). The van der Waals surface area contributed by atoms with Gasteiger partial charge in [0.15, 0.2) is 0 Å². The lowest BCUT2D eigenvalue weighted by atomic mass is 9.82. The van der Waals surface area contributed by atoms with Gasteiger partial charge in [-0.2, -0.15) is 0 Å². The zero-order chi connectivity index (χ0) is 26.8. The SMILES string of the molecule is CCCCN(C=O)CCCC.CCc1ccc(C2C(C(=O)O)C(c3ccc4occc4c3)CN2C)cc1. The minimum atomic E-state index is -0.740. The zero-order valence-electron chi connectivity index (χ0n) is 22.7. The predicted molar refractivity (Wildman–Crippen MR) is 149 cm³/mol. The molecule has 0 saturated carbocycles. The fraction of sp³-hybridized carbons (Fsp3) is 0.484. The van der Waals surface area contributed by atoms with Crippen LogP contribution in [0.25, 0.3) is 11.0 Å². The number of furan rings is 1. The lowest BCUT2D eigenvalue weighted by Crippen LogP contribution is -2.26. The standard InChI is InChI=1S/C22H23NO3.C9H19NO/c1-3-14-4-6-15(7-5-14)21-20(22(24)25)18(13-23(21)2)16-8-9-19-17(12-16)10-11-26-19;1-3-5-7-10(9-11)8-6-4-2/h4-12,18,20-21H,3,13H2,1-2H3,(H,24,25);9H,3-8H2,1-2H3. The van der Waals surface area contributed by atoms with Crippen molar-refractivity contribution in [1.82, 2.24) is 9.80 Å². The third-order valence-electron chi connectivity index (χ3n) is 7.40. The number of aryl methyl sites for hydroxylation is 1. The summed E-state index contributed by atoms with van der Waals surface area (Å²) in [6.45, 7) is 8.99. The molecular formula is C31H42N2O4. The largest absolute Gasteiger partial charge is 0.481 e. The highest BCUT2D eigenvalue weighted by atomic mass is 16.4. The maximum absolute atomic E-state index is 12.2. The molecule has 6 heteroatoms. The van der Waals surface area contributed by atoms with E-state index < -0.39 is 11.9 Å². The number of nitrogens with zero attached hydrogens (tertiary/aromatic N) is 2. The fourth-order valence-corrected chi connectivity index (χ4v) is 5.22. The van der Waals surface area contributed by atoms with Gasteiger partial charge in [-0.3, -0.25) is 14.5 Å². The van der Waals surface area contributed by atoms with E-state index in [1.54, 1.807) is 6.26 Å². The van der Waals surface area contributed by atoms with E-state index in [1.165, 1.54) is 5.56 Å². The van der Waals surface area contributed by atoms with Crippen LogP contribution in [0, 0.1) is 5.92 Å². The Hall–Kier alpha value is -3.12. The third kappa shape index (κ3) is 7.22. The quantitative estimate of drug-likeness (QED) is 0.300. The Morgan fingerprint density at radius 1 is 1.03 bits per heavy atom. The molecule has 0 aliphatic carbocycles. The number of carboxylic acids is 1. The Morgan fingerprint density at radius 2 is 1.68 bits per heavy atom. The van der Waals surface area contributed by atoms with Crippen LogP contribution < -0.4 is 0 Å². The van der Waals surface area contributed by atoms with Crippen molar-refractivity contribution in [3.8, 4) is 0 Å². The van der Waals surface area contributed by atoms with E-state index >= 15 is 0 Å². The van der Waals surface area contributed by atoms with E-state index in [0.717, 1.165) is 80.2 Å². The zero-order valence-corrected chi connectivity index (χ0v) is 22.7. The van der Waals surface area contributed by atoms with Gasteiger partial charge in [-0.1, -0.05) is 63.9 Å². The van der Waals surface area contributed by atoms with Crippen LogP contribution in [0.4, 0.5) is 0 Å². The number of fused-ring (bicyclic) bond motifs is 1. The molecule has 6 nitrogen and oxygen atoms in total. The van der Waals surface area contributed by atoms with Crippen LogP contribution in [0.5, 0.6) is 0 Å². The lowest BCUT2D eigenvalue weighted by Gasteiger charge is -2.24. The second-order valence-electron chi connectivity index (χ2n) is 10.0. The maximum atomic E-state index is 12.2. The minimum absolute atomic E-state index is 0.0485. The Morgan fingerprint density at radius 3 is 2.24 bits per heavy atom. The van der Waals surface area contributed by atoms with E-state index in [0.29, 0.717) is 0 Å². The molecule has 3 aromatic rings. The van der Waals surface area contributed by atoms with Gasteiger partial charge >= 0.3 is 5.97 Å². The number of unbranched alkanes of at least 4 members (excludes halogenated alkanes) is 2. The van der Waals surface area contributed by atoms with Crippen LogP contribution in [0.3, 0.4) is 0 Å². The molecule has 200 valence electrons. The summed E-state index contributed by atoms with van der Waals surface area (Å²) in [4.78, 5) is 26.7. The highest BCUT2D eigenvalue weighted by Gasteiger charge is 2.45. The number of likely N-dealkylation sites (tertiary alicyclic amines) is 1. The van der Waals surface area contributed by atoms with Crippen molar-refractivity contribution in [2.45, 2.75) is 64.8 Å². The molecule has 1 aromatic heterocycles. The summed E-state index contributed by atoms with van der Waals surface area (Å²) in [5.74, 6) is -1.26. The van der Waals surface area contributed by atoms with Crippen molar-refractivity contribution in [1.29, 1.82) is 0 Å². The van der Waals surface area contributed by atoms with Gasteiger partial charge in [-0.05, 0) is 61.2 Å². The molecular weight excluding hydrogens is 464 g/mol. The molecule has 0 bridgehead atoms. The number of hydrogen-bond donors (Lipinski definition) is 1. The molecule has 1 N–H and O–H groups in total. The highest BCUT2D eigenvalue weighted by molar-refractivity contribution is 5.79. The lowest BCUT2D eigenvalue weighted by molar-refractivity contribution is -0.143.